The topological polar surface area (TPSA) is 71.3 Å². The molecule has 0 atom stereocenters. The molecule has 1 N–H and O–H groups in total. The molecule has 1 fully saturated rings. The quantitative estimate of drug-likeness (QED) is 0.810. The molecule has 0 aliphatic carbocycles. The van der Waals surface area contributed by atoms with Crippen LogP contribution in [0.3, 0.4) is 0 Å². The van der Waals surface area contributed by atoms with E-state index in [4.69, 9.17) is 4.52 Å². The highest BCUT2D eigenvalue weighted by Gasteiger charge is 2.35. The fraction of sp³-hybridized carbons (Fsp3) is 0.700. The van der Waals surface area contributed by atoms with Crippen LogP contribution >= 0.6 is 0 Å². The monoisotopic (exact) mass is 224 g/mol. The normalized spacial score (nSPS) is 16.4. The fourth-order valence-corrected chi connectivity index (χ4v) is 1.62. The minimum absolute atomic E-state index is 0.0255. The standard InChI is InChI=1S/C10H16N4O2/c1-6(2)11-10(15)14-4-8(5-14)9-12-7(3)13-16-9/h6,8H,4-5H2,1-3H3,(H,11,15). The summed E-state index contributed by atoms with van der Waals surface area (Å²) in [7, 11) is 0. The van der Waals surface area contributed by atoms with Gasteiger partial charge in [-0.15, -0.1) is 0 Å². The first-order valence-corrected chi connectivity index (χ1v) is 5.42. The number of rotatable bonds is 2. The Morgan fingerprint density at radius 1 is 1.56 bits per heavy atom. The first-order chi connectivity index (χ1) is 7.56. The number of hydrogen-bond acceptors (Lipinski definition) is 4. The molecule has 2 heterocycles. The predicted molar refractivity (Wildman–Crippen MR) is 57.0 cm³/mol. The van der Waals surface area contributed by atoms with E-state index < -0.39 is 0 Å². The van der Waals surface area contributed by atoms with Gasteiger partial charge in [0.25, 0.3) is 0 Å². The molecule has 1 aromatic heterocycles. The molecule has 0 aromatic carbocycles. The van der Waals surface area contributed by atoms with Crippen molar-refractivity contribution in [2.45, 2.75) is 32.7 Å². The van der Waals surface area contributed by atoms with Crippen LogP contribution in [0.4, 0.5) is 4.79 Å². The van der Waals surface area contributed by atoms with Gasteiger partial charge >= 0.3 is 6.03 Å². The Labute approximate surface area is 94.0 Å². The van der Waals surface area contributed by atoms with Crippen molar-refractivity contribution in [3.63, 3.8) is 0 Å². The molecule has 16 heavy (non-hydrogen) atoms. The Bertz CT molecular complexity index is 382. The maximum Gasteiger partial charge on any atom is 0.317 e. The van der Waals surface area contributed by atoms with Crippen LogP contribution in [0.25, 0.3) is 0 Å². The number of carbonyl (C=O) groups excluding carboxylic acids is 1. The maximum absolute atomic E-state index is 11.6. The van der Waals surface area contributed by atoms with Crippen LogP contribution in [0.2, 0.25) is 0 Å². The largest absolute Gasteiger partial charge is 0.339 e. The number of nitrogens with one attached hydrogen (secondary N) is 1. The Hall–Kier alpha value is -1.59. The molecule has 6 nitrogen and oxygen atoms in total. The highest BCUT2D eigenvalue weighted by Crippen LogP contribution is 2.25. The van der Waals surface area contributed by atoms with Gasteiger partial charge in [-0.2, -0.15) is 4.98 Å². The van der Waals surface area contributed by atoms with Crippen molar-refractivity contribution in [3.8, 4) is 0 Å². The van der Waals surface area contributed by atoms with Gasteiger partial charge in [0.05, 0.1) is 5.92 Å². The number of aromatic nitrogens is 2. The van der Waals surface area contributed by atoms with Gasteiger partial charge in [-0.05, 0) is 20.8 Å². The molecule has 2 amide bonds. The number of nitrogens with zero attached hydrogens (tertiary/aromatic N) is 3. The van der Waals surface area contributed by atoms with E-state index >= 15 is 0 Å². The summed E-state index contributed by atoms with van der Waals surface area (Å²) >= 11 is 0. The molecule has 6 heteroatoms. The van der Waals surface area contributed by atoms with E-state index in [2.05, 4.69) is 15.5 Å². The second-order valence-corrected chi connectivity index (χ2v) is 4.39. The summed E-state index contributed by atoms with van der Waals surface area (Å²) in [6, 6.07) is 0.139. The zero-order chi connectivity index (χ0) is 11.7. The average Bonchev–Trinajstić information content (AvgIpc) is 2.47. The van der Waals surface area contributed by atoms with Crippen molar-refractivity contribution in [3.05, 3.63) is 11.7 Å². The van der Waals surface area contributed by atoms with Crippen LogP contribution in [-0.2, 0) is 0 Å². The molecule has 1 aliphatic rings. The molecular formula is C10H16N4O2. The summed E-state index contributed by atoms with van der Waals surface area (Å²) in [6.07, 6.45) is 0. The van der Waals surface area contributed by atoms with Gasteiger partial charge < -0.3 is 14.7 Å². The lowest BCUT2D eigenvalue weighted by molar-refractivity contribution is 0.135. The van der Waals surface area contributed by atoms with E-state index in [-0.39, 0.29) is 18.0 Å². The van der Waals surface area contributed by atoms with Crippen molar-refractivity contribution in [1.29, 1.82) is 0 Å². The summed E-state index contributed by atoms with van der Waals surface area (Å²) in [5.41, 5.74) is 0. The van der Waals surface area contributed by atoms with Crippen molar-refractivity contribution in [2.24, 2.45) is 0 Å². The Morgan fingerprint density at radius 2 is 2.25 bits per heavy atom. The van der Waals surface area contributed by atoms with Gasteiger partial charge in [-0.25, -0.2) is 4.79 Å². The zero-order valence-electron chi connectivity index (χ0n) is 9.73. The molecule has 0 bridgehead atoms. The minimum atomic E-state index is -0.0255. The third kappa shape index (κ3) is 2.15. The van der Waals surface area contributed by atoms with E-state index in [1.165, 1.54) is 0 Å². The van der Waals surface area contributed by atoms with E-state index in [0.717, 1.165) is 0 Å². The maximum atomic E-state index is 11.6. The van der Waals surface area contributed by atoms with Crippen molar-refractivity contribution < 1.29 is 9.32 Å². The number of hydrogen-bond donors (Lipinski definition) is 1. The molecule has 0 radical (unpaired) electrons. The van der Waals surface area contributed by atoms with E-state index in [1.54, 1.807) is 11.8 Å². The third-order valence-corrected chi connectivity index (χ3v) is 2.47. The fourth-order valence-electron chi connectivity index (χ4n) is 1.62. The molecule has 1 aromatic rings. The molecule has 88 valence electrons. The average molecular weight is 224 g/mol. The summed E-state index contributed by atoms with van der Waals surface area (Å²) in [6.45, 7) is 6.97. The molecule has 1 saturated heterocycles. The molecule has 1 aliphatic heterocycles. The highest BCUT2D eigenvalue weighted by molar-refractivity contribution is 5.75. The van der Waals surface area contributed by atoms with Crippen LogP contribution in [0.5, 0.6) is 0 Å². The molecule has 0 unspecified atom stereocenters. The number of carbonyl (C=O) groups is 1. The summed E-state index contributed by atoms with van der Waals surface area (Å²) in [5.74, 6) is 1.46. The van der Waals surface area contributed by atoms with Crippen LogP contribution in [-0.4, -0.2) is 40.2 Å². The smallest absolute Gasteiger partial charge is 0.317 e. The van der Waals surface area contributed by atoms with Crippen LogP contribution < -0.4 is 5.32 Å². The lowest BCUT2D eigenvalue weighted by Crippen LogP contribution is -2.53. The SMILES string of the molecule is Cc1noc(C2CN(C(=O)NC(C)C)C2)n1. The first kappa shape index (κ1) is 10.9. The van der Waals surface area contributed by atoms with Gasteiger partial charge in [-0.1, -0.05) is 5.16 Å². The van der Waals surface area contributed by atoms with Gasteiger partial charge in [-0.3, -0.25) is 0 Å². The van der Waals surface area contributed by atoms with Gasteiger partial charge in [0.1, 0.15) is 0 Å². The van der Waals surface area contributed by atoms with Crippen molar-refractivity contribution in [1.82, 2.24) is 20.4 Å². The first-order valence-electron chi connectivity index (χ1n) is 5.42. The van der Waals surface area contributed by atoms with Gasteiger partial charge in [0.15, 0.2) is 5.82 Å². The van der Waals surface area contributed by atoms with Gasteiger partial charge in [0.2, 0.25) is 5.89 Å². The number of urea groups is 1. The van der Waals surface area contributed by atoms with E-state index in [9.17, 15) is 4.79 Å². The Balaban J connectivity index is 1.84. The molecule has 0 saturated carbocycles. The summed E-state index contributed by atoms with van der Waals surface area (Å²) in [4.78, 5) is 17.5. The Morgan fingerprint density at radius 3 is 2.75 bits per heavy atom. The number of amides is 2. The molecule has 0 spiro atoms. The van der Waals surface area contributed by atoms with Crippen molar-refractivity contribution in [2.75, 3.05) is 13.1 Å². The van der Waals surface area contributed by atoms with E-state index in [0.29, 0.717) is 24.8 Å². The Kier molecular flexibility index (Phi) is 2.80. The van der Waals surface area contributed by atoms with Crippen LogP contribution in [0.1, 0.15) is 31.5 Å². The lowest BCUT2D eigenvalue weighted by atomic mass is 10.0. The minimum Gasteiger partial charge on any atom is -0.339 e. The second-order valence-electron chi connectivity index (χ2n) is 4.39. The number of aryl methyl sites for hydroxylation is 1. The van der Waals surface area contributed by atoms with Crippen molar-refractivity contribution >= 4 is 6.03 Å². The third-order valence-electron chi connectivity index (χ3n) is 2.47. The zero-order valence-corrected chi connectivity index (χ0v) is 9.73. The van der Waals surface area contributed by atoms with Gasteiger partial charge in [0, 0.05) is 19.1 Å². The predicted octanol–water partition coefficient (Wildman–Crippen LogP) is 0.895. The summed E-state index contributed by atoms with van der Waals surface area (Å²) in [5, 5.41) is 6.57. The second kappa shape index (κ2) is 4.11. The molecular weight excluding hydrogens is 208 g/mol. The summed E-state index contributed by atoms with van der Waals surface area (Å²) < 4.78 is 5.06. The van der Waals surface area contributed by atoms with E-state index in [1.807, 2.05) is 13.8 Å². The lowest BCUT2D eigenvalue weighted by Gasteiger charge is -2.37. The van der Waals surface area contributed by atoms with Crippen LogP contribution in [0.15, 0.2) is 4.52 Å². The number of likely N-dealkylation sites (tertiary alicyclic amines) is 1. The highest BCUT2D eigenvalue weighted by atomic mass is 16.5. The molecule has 2 rings (SSSR count). The van der Waals surface area contributed by atoms with Crippen LogP contribution in [0, 0.1) is 6.92 Å².